The van der Waals surface area contributed by atoms with Gasteiger partial charge in [0.05, 0.1) is 0 Å². The van der Waals surface area contributed by atoms with Crippen LogP contribution >= 0.6 is 0 Å². The standard InChI is InChI=1S/C14H19N/c15-11-13(6-7-13)10-14(8-9-14)12-4-2-1-3-5-12/h1-5H,6-11,15H2. The van der Waals surface area contributed by atoms with Gasteiger partial charge in [0.25, 0.3) is 0 Å². The zero-order valence-electron chi connectivity index (χ0n) is 9.21. The minimum absolute atomic E-state index is 0.511. The van der Waals surface area contributed by atoms with Crippen LogP contribution < -0.4 is 5.73 Å². The Kier molecular flexibility index (Phi) is 1.93. The summed E-state index contributed by atoms with van der Waals surface area (Å²) in [5.41, 5.74) is 8.46. The summed E-state index contributed by atoms with van der Waals surface area (Å²) >= 11 is 0. The monoisotopic (exact) mass is 201 g/mol. The Morgan fingerprint density at radius 2 is 1.67 bits per heavy atom. The zero-order chi connectivity index (χ0) is 10.4. The van der Waals surface area contributed by atoms with Crippen LogP contribution in [0.15, 0.2) is 30.3 Å². The van der Waals surface area contributed by atoms with Gasteiger partial charge in [-0.05, 0) is 55.0 Å². The van der Waals surface area contributed by atoms with Gasteiger partial charge in [-0.3, -0.25) is 0 Å². The highest BCUT2D eigenvalue weighted by Gasteiger charge is 2.53. The molecule has 0 amide bonds. The number of hydrogen-bond donors (Lipinski definition) is 1. The lowest BCUT2D eigenvalue weighted by Gasteiger charge is -2.21. The molecule has 0 aromatic heterocycles. The summed E-state index contributed by atoms with van der Waals surface area (Å²) in [6, 6.07) is 11.0. The van der Waals surface area contributed by atoms with Crippen molar-refractivity contribution in [3.63, 3.8) is 0 Å². The first-order valence-corrected chi connectivity index (χ1v) is 6.04. The van der Waals surface area contributed by atoms with E-state index in [1.807, 2.05) is 0 Å². The number of rotatable bonds is 4. The third kappa shape index (κ3) is 1.59. The molecule has 15 heavy (non-hydrogen) atoms. The van der Waals surface area contributed by atoms with E-state index in [4.69, 9.17) is 5.73 Å². The van der Waals surface area contributed by atoms with Crippen molar-refractivity contribution in [1.29, 1.82) is 0 Å². The van der Waals surface area contributed by atoms with E-state index < -0.39 is 0 Å². The molecule has 80 valence electrons. The molecule has 0 radical (unpaired) electrons. The second-order valence-corrected chi connectivity index (χ2v) is 5.53. The summed E-state index contributed by atoms with van der Waals surface area (Å²) < 4.78 is 0. The lowest BCUT2D eigenvalue weighted by Crippen LogP contribution is -2.22. The lowest BCUT2D eigenvalue weighted by molar-refractivity contribution is 0.410. The van der Waals surface area contributed by atoms with Crippen LogP contribution in [0.2, 0.25) is 0 Å². The molecular weight excluding hydrogens is 182 g/mol. The van der Waals surface area contributed by atoms with Crippen molar-refractivity contribution in [3.05, 3.63) is 35.9 Å². The van der Waals surface area contributed by atoms with Gasteiger partial charge in [0, 0.05) is 0 Å². The van der Waals surface area contributed by atoms with Crippen LogP contribution in [0.3, 0.4) is 0 Å². The first-order valence-electron chi connectivity index (χ1n) is 6.04. The summed E-state index contributed by atoms with van der Waals surface area (Å²) in [7, 11) is 0. The highest BCUT2D eigenvalue weighted by molar-refractivity contribution is 5.32. The van der Waals surface area contributed by atoms with Gasteiger partial charge in [-0.1, -0.05) is 30.3 Å². The van der Waals surface area contributed by atoms with Crippen LogP contribution in [0.4, 0.5) is 0 Å². The molecule has 2 fully saturated rings. The van der Waals surface area contributed by atoms with Crippen molar-refractivity contribution in [2.45, 2.75) is 37.5 Å². The molecule has 0 atom stereocenters. The molecule has 2 saturated carbocycles. The van der Waals surface area contributed by atoms with E-state index in [9.17, 15) is 0 Å². The predicted molar refractivity (Wildman–Crippen MR) is 62.7 cm³/mol. The molecule has 0 bridgehead atoms. The predicted octanol–water partition coefficient (Wildman–Crippen LogP) is 2.85. The summed E-state index contributed by atoms with van der Waals surface area (Å²) in [4.78, 5) is 0. The summed E-state index contributed by atoms with van der Waals surface area (Å²) in [6.07, 6.45) is 6.80. The maximum atomic E-state index is 5.88. The minimum Gasteiger partial charge on any atom is -0.330 e. The molecule has 3 rings (SSSR count). The van der Waals surface area contributed by atoms with Crippen LogP contribution in [0.25, 0.3) is 0 Å². The first kappa shape index (κ1) is 9.41. The molecule has 0 unspecified atom stereocenters. The van der Waals surface area contributed by atoms with Crippen molar-refractivity contribution in [1.82, 2.24) is 0 Å². The van der Waals surface area contributed by atoms with E-state index >= 15 is 0 Å². The van der Waals surface area contributed by atoms with Gasteiger partial charge in [0.15, 0.2) is 0 Å². The van der Waals surface area contributed by atoms with Gasteiger partial charge in [-0.2, -0.15) is 0 Å². The van der Waals surface area contributed by atoms with Gasteiger partial charge in [-0.15, -0.1) is 0 Å². The molecule has 2 N–H and O–H groups in total. The molecule has 1 heteroatoms. The van der Waals surface area contributed by atoms with E-state index in [0.29, 0.717) is 10.8 Å². The van der Waals surface area contributed by atoms with E-state index in [-0.39, 0.29) is 0 Å². The first-order chi connectivity index (χ1) is 7.29. The summed E-state index contributed by atoms with van der Waals surface area (Å²) in [6.45, 7) is 0.890. The van der Waals surface area contributed by atoms with E-state index in [2.05, 4.69) is 30.3 Å². The fraction of sp³-hybridized carbons (Fsp3) is 0.571. The second-order valence-electron chi connectivity index (χ2n) is 5.53. The Balaban J connectivity index is 1.80. The molecule has 0 aliphatic heterocycles. The van der Waals surface area contributed by atoms with Crippen LogP contribution in [-0.2, 0) is 5.41 Å². The molecular formula is C14H19N. The molecule has 1 aromatic rings. The Labute approximate surface area is 91.7 Å². The largest absolute Gasteiger partial charge is 0.330 e. The third-order valence-electron chi connectivity index (χ3n) is 4.34. The summed E-state index contributed by atoms with van der Waals surface area (Å²) in [5.74, 6) is 0. The van der Waals surface area contributed by atoms with Crippen molar-refractivity contribution in [2.24, 2.45) is 11.1 Å². The van der Waals surface area contributed by atoms with Gasteiger partial charge < -0.3 is 5.73 Å². The average Bonchev–Trinajstić information content (AvgIpc) is 3.19. The molecule has 0 saturated heterocycles. The minimum atomic E-state index is 0.511. The van der Waals surface area contributed by atoms with Crippen LogP contribution in [0.5, 0.6) is 0 Å². The lowest BCUT2D eigenvalue weighted by atomic mass is 9.84. The smallest absolute Gasteiger partial charge is 0.00202 e. The normalized spacial score (nSPS) is 24.9. The Bertz CT molecular complexity index is 347. The van der Waals surface area contributed by atoms with Crippen molar-refractivity contribution in [2.75, 3.05) is 6.54 Å². The number of nitrogens with two attached hydrogens (primary N) is 1. The molecule has 2 aliphatic carbocycles. The molecule has 0 heterocycles. The Morgan fingerprint density at radius 1 is 1.00 bits per heavy atom. The fourth-order valence-corrected chi connectivity index (χ4v) is 2.86. The average molecular weight is 201 g/mol. The third-order valence-corrected chi connectivity index (χ3v) is 4.34. The van der Waals surface area contributed by atoms with Crippen molar-refractivity contribution >= 4 is 0 Å². The maximum Gasteiger partial charge on any atom is -0.00202 e. The summed E-state index contributed by atoms with van der Waals surface area (Å²) in [5, 5.41) is 0. The van der Waals surface area contributed by atoms with Crippen molar-refractivity contribution < 1.29 is 0 Å². The van der Waals surface area contributed by atoms with E-state index in [1.54, 1.807) is 5.56 Å². The molecule has 1 nitrogen and oxygen atoms in total. The Hall–Kier alpha value is -0.820. The van der Waals surface area contributed by atoms with Crippen LogP contribution in [0, 0.1) is 5.41 Å². The fourth-order valence-electron chi connectivity index (χ4n) is 2.86. The van der Waals surface area contributed by atoms with Crippen LogP contribution in [0.1, 0.15) is 37.7 Å². The van der Waals surface area contributed by atoms with E-state index in [1.165, 1.54) is 32.1 Å². The zero-order valence-corrected chi connectivity index (χ0v) is 9.21. The topological polar surface area (TPSA) is 26.0 Å². The van der Waals surface area contributed by atoms with E-state index in [0.717, 1.165) is 6.54 Å². The Morgan fingerprint density at radius 3 is 2.13 bits per heavy atom. The maximum absolute atomic E-state index is 5.88. The number of hydrogen-bond acceptors (Lipinski definition) is 1. The van der Waals surface area contributed by atoms with Crippen LogP contribution in [-0.4, -0.2) is 6.54 Å². The van der Waals surface area contributed by atoms with Gasteiger partial charge in [0.2, 0.25) is 0 Å². The van der Waals surface area contributed by atoms with Gasteiger partial charge in [-0.25, -0.2) is 0 Å². The van der Waals surface area contributed by atoms with Gasteiger partial charge >= 0.3 is 0 Å². The quantitative estimate of drug-likeness (QED) is 0.796. The second kappa shape index (κ2) is 3.08. The van der Waals surface area contributed by atoms with Crippen molar-refractivity contribution in [3.8, 4) is 0 Å². The SMILES string of the molecule is NCC1(CC2(c3ccccc3)CC2)CC1. The highest BCUT2D eigenvalue weighted by Crippen LogP contribution is 2.61. The van der Waals surface area contributed by atoms with Gasteiger partial charge in [0.1, 0.15) is 0 Å². The molecule has 1 aromatic carbocycles. The highest BCUT2D eigenvalue weighted by atomic mass is 14.7. The molecule has 2 aliphatic rings. The number of benzene rings is 1. The molecule has 0 spiro atoms.